The number of hydrogen-bond acceptors (Lipinski definition) is 3. The molecule has 0 amide bonds. The van der Waals surface area contributed by atoms with Crippen molar-refractivity contribution in [3.05, 3.63) is 76.7 Å². The highest BCUT2D eigenvalue weighted by Crippen LogP contribution is 2.16. The van der Waals surface area contributed by atoms with Crippen LogP contribution in [0.2, 0.25) is 0 Å². The second-order valence-electron chi connectivity index (χ2n) is 4.95. The molecule has 0 fully saturated rings. The van der Waals surface area contributed by atoms with Crippen LogP contribution in [0.25, 0.3) is 11.0 Å². The van der Waals surface area contributed by atoms with Crippen molar-refractivity contribution in [3.8, 4) is 0 Å². The van der Waals surface area contributed by atoms with Crippen LogP contribution in [0.1, 0.15) is 11.6 Å². The van der Waals surface area contributed by atoms with Gasteiger partial charge in [-0.25, -0.2) is 4.98 Å². The minimum absolute atomic E-state index is 0.0784. The molecule has 4 nitrogen and oxygen atoms in total. The number of nitrogens with one attached hydrogen (secondary N) is 1. The quantitative estimate of drug-likeness (QED) is 0.797. The standard InChI is InChI=1S/C17H17N3O/c1-18-15(13-7-3-2-4-8-13)12-20-16-10-6-5-9-14(16)19-11-17(20)21/h2-11,15,18H,12H2,1H3. The minimum Gasteiger partial charge on any atom is -0.312 e. The van der Waals surface area contributed by atoms with Crippen molar-refractivity contribution in [2.24, 2.45) is 0 Å². The molecule has 0 aliphatic carbocycles. The summed E-state index contributed by atoms with van der Waals surface area (Å²) >= 11 is 0. The Morgan fingerprint density at radius 1 is 1.10 bits per heavy atom. The fraction of sp³-hybridized carbons (Fsp3) is 0.176. The van der Waals surface area contributed by atoms with E-state index in [2.05, 4.69) is 22.4 Å². The molecule has 1 unspecified atom stereocenters. The Labute approximate surface area is 123 Å². The zero-order chi connectivity index (χ0) is 14.7. The van der Waals surface area contributed by atoms with Gasteiger partial charge in [0.05, 0.1) is 23.3 Å². The predicted octanol–water partition coefficient (Wildman–Crippen LogP) is 2.36. The first-order valence-corrected chi connectivity index (χ1v) is 6.96. The van der Waals surface area contributed by atoms with Gasteiger partial charge < -0.3 is 9.88 Å². The molecule has 4 heteroatoms. The SMILES string of the molecule is CNC(Cn1c(=O)cnc2ccccc21)c1ccccc1. The van der Waals surface area contributed by atoms with Crippen molar-refractivity contribution in [1.82, 2.24) is 14.9 Å². The van der Waals surface area contributed by atoms with E-state index in [4.69, 9.17) is 0 Å². The van der Waals surface area contributed by atoms with Gasteiger partial charge in [0.2, 0.25) is 0 Å². The molecular weight excluding hydrogens is 262 g/mol. The summed E-state index contributed by atoms with van der Waals surface area (Å²) in [4.78, 5) is 16.4. The lowest BCUT2D eigenvalue weighted by Gasteiger charge is -2.19. The van der Waals surface area contributed by atoms with E-state index in [1.807, 2.05) is 49.5 Å². The van der Waals surface area contributed by atoms with Gasteiger partial charge in [0.15, 0.2) is 0 Å². The van der Waals surface area contributed by atoms with Gasteiger partial charge in [-0.2, -0.15) is 0 Å². The largest absolute Gasteiger partial charge is 0.312 e. The summed E-state index contributed by atoms with van der Waals surface area (Å²) in [7, 11) is 1.91. The number of hydrogen-bond donors (Lipinski definition) is 1. The van der Waals surface area contributed by atoms with Crippen LogP contribution in [0.4, 0.5) is 0 Å². The van der Waals surface area contributed by atoms with Crippen LogP contribution in [-0.4, -0.2) is 16.6 Å². The van der Waals surface area contributed by atoms with Gasteiger partial charge in [-0.3, -0.25) is 4.79 Å². The highest BCUT2D eigenvalue weighted by atomic mass is 16.1. The van der Waals surface area contributed by atoms with Gasteiger partial charge in [-0.15, -0.1) is 0 Å². The van der Waals surface area contributed by atoms with Gasteiger partial charge in [-0.1, -0.05) is 42.5 Å². The van der Waals surface area contributed by atoms with Gasteiger partial charge in [0, 0.05) is 6.54 Å². The summed E-state index contributed by atoms with van der Waals surface area (Å²) in [6, 6.07) is 17.9. The van der Waals surface area contributed by atoms with Crippen LogP contribution in [0.3, 0.4) is 0 Å². The summed E-state index contributed by atoms with van der Waals surface area (Å²) in [5.74, 6) is 0. The lowest BCUT2D eigenvalue weighted by molar-refractivity contribution is 0.500. The van der Waals surface area contributed by atoms with E-state index in [0.717, 1.165) is 16.6 Å². The van der Waals surface area contributed by atoms with Crippen molar-refractivity contribution in [2.75, 3.05) is 7.05 Å². The number of fused-ring (bicyclic) bond motifs is 1. The molecule has 3 aromatic rings. The summed E-state index contributed by atoms with van der Waals surface area (Å²) in [6.07, 6.45) is 1.39. The molecule has 0 aliphatic rings. The van der Waals surface area contributed by atoms with E-state index in [0.29, 0.717) is 6.54 Å². The number of likely N-dealkylation sites (N-methyl/N-ethyl adjacent to an activating group) is 1. The Morgan fingerprint density at radius 2 is 1.81 bits per heavy atom. The second kappa shape index (κ2) is 5.89. The van der Waals surface area contributed by atoms with E-state index in [1.165, 1.54) is 6.20 Å². The molecule has 106 valence electrons. The third-order valence-corrected chi connectivity index (χ3v) is 3.67. The molecule has 0 spiro atoms. The molecule has 2 aromatic carbocycles. The van der Waals surface area contributed by atoms with Gasteiger partial charge >= 0.3 is 0 Å². The molecule has 0 radical (unpaired) electrons. The summed E-state index contributed by atoms with van der Waals surface area (Å²) in [6.45, 7) is 0.572. The van der Waals surface area contributed by atoms with Crippen LogP contribution >= 0.6 is 0 Å². The van der Waals surface area contributed by atoms with Crippen LogP contribution in [-0.2, 0) is 6.54 Å². The maximum atomic E-state index is 12.2. The molecule has 1 heterocycles. The Hall–Kier alpha value is -2.46. The Balaban J connectivity index is 2.04. The summed E-state index contributed by atoms with van der Waals surface area (Å²) in [5, 5.41) is 3.28. The maximum Gasteiger partial charge on any atom is 0.269 e. The molecule has 0 saturated heterocycles. The zero-order valence-corrected chi connectivity index (χ0v) is 11.9. The molecule has 3 rings (SSSR count). The Bertz CT molecular complexity index is 796. The van der Waals surface area contributed by atoms with E-state index in [9.17, 15) is 4.79 Å². The molecule has 21 heavy (non-hydrogen) atoms. The lowest BCUT2D eigenvalue weighted by atomic mass is 10.1. The number of nitrogens with zero attached hydrogens (tertiary/aromatic N) is 2. The third kappa shape index (κ3) is 2.71. The number of para-hydroxylation sites is 2. The Morgan fingerprint density at radius 3 is 2.57 bits per heavy atom. The van der Waals surface area contributed by atoms with E-state index in [-0.39, 0.29) is 11.6 Å². The topological polar surface area (TPSA) is 46.9 Å². The number of rotatable bonds is 4. The fourth-order valence-corrected chi connectivity index (χ4v) is 2.53. The fourth-order valence-electron chi connectivity index (χ4n) is 2.53. The molecule has 1 atom stereocenters. The molecule has 0 aliphatic heterocycles. The first-order valence-electron chi connectivity index (χ1n) is 6.96. The summed E-state index contributed by atoms with van der Waals surface area (Å²) in [5.41, 5.74) is 2.78. The van der Waals surface area contributed by atoms with E-state index >= 15 is 0 Å². The molecule has 1 aromatic heterocycles. The maximum absolute atomic E-state index is 12.2. The number of benzene rings is 2. The third-order valence-electron chi connectivity index (χ3n) is 3.67. The molecule has 1 N–H and O–H groups in total. The average molecular weight is 279 g/mol. The first kappa shape index (κ1) is 13.5. The first-order chi connectivity index (χ1) is 10.3. The van der Waals surface area contributed by atoms with E-state index < -0.39 is 0 Å². The van der Waals surface area contributed by atoms with Crippen molar-refractivity contribution < 1.29 is 0 Å². The predicted molar refractivity (Wildman–Crippen MR) is 84.2 cm³/mol. The van der Waals surface area contributed by atoms with Crippen molar-refractivity contribution in [2.45, 2.75) is 12.6 Å². The smallest absolute Gasteiger partial charge is 0.269 e. The number of aromatic nitrogens is 2. The average Bonchev–Trinajstić information content (AvgIpc) is 2.55. The molecule has 0 saturated carbocycles. The van der Waals surface area contributed by atoms with E-state index in [1.54, 1.807) is 4.57 Å². The van der Waals surface area contributed by atoms with Crippen molar-refractivity contribution >= 4 is 11.0 Å². The normalized spacial score (nSPS) is 12.4. The highest BCUT2D eigenvalue weighted by Gasteiger charge is 2.12. The van der Waals surface area contributed by atoms with Gasteiger partial charge in [0.1, 0.15) is 0 Å². The minimum atomic E-state index is -0.0788. The van der Waals surface area contributed by atoms with Gasteiger partial charge in [0.25, 0.3) is 5.56 Å². The second-order valence-corrected chi connectivity index (χ2v) is 4.95. The molecule has 0 bridgehead atoms. The lowest BCUT2D eigenvalue weighted by Crippen LogP contribution is -2.29. The monoisotopic (exact) mass is 279 g/mol. The van der Waals surface area contributed by atoms with Crippen LogP contribution < -0.4 is 10.9 Å². The van der Waals surface area contributed by atoms with Crippen LogP contribution in [0.5, 0.6) is 0 Å². The molecular formula is C17H17N3O. The van der Waals surface area contributed by atoms with Crippen molar-refractivity contribution in [1.29, 1.82) is 0 Å². The van der Waals surface area contributed by atoms with Crippen LogP contribution in [0.15, 0.2) is 65.6 Å². The zero-order valence-electron chi connectivity index (χ0n) is 11.9. The highest BCUT2D eigenvalue weighted by molar-refractivity contribution is 5.74. The van der Waals surface area contributed by atoms with Gasteiger partial charge in [-0.05, 0) is 24.7 Å². The van der Waals surface area contributed by atoms with Crippen LogP contribution in [0, 0.1) is 0 Å². The Kier molecular flexibility index (Phi) is 3.79. The van der Waals surface area contributed by atoms with Crippen molar-refractivity contribution in [3.63, 3.8) is 0 Å². The summed E-state index contributed by atoms with van der Waals surface area (Å²) < 4.78 is 1.77.